The summed E-state index contributed by atoms with van der Waals surface area (Å²) in [6.45, 7) is 0. The monoisotopic (exact) mass is 732 g/mol. The second kappa shape index (κ2) is 12.4. The molecule has 0 fully saturated rings. The summed E-state index contributed by atoms with van der Waals surface area (Å²) in [4.78, 5) is 10.1. The van der Waals surface area contributed by atoms with E-state index < -0.39 is 6.17 Å². The molecule has 6 nitrogen and oxygen atoms in total. The minimum absolute atomic E-state index is 0.415. The van der Waals surface area contributed by atoms with Crippen LogP contribution in [0.25, 0.3) is 82.5 Å². The number of aromatic nitrogens is 1. The molecule has 0 amide bonds. The van der Waals surface area contributed by atoms with Crippen LogP contribution in [0, 0.1) is 0 Å². The Hall–Kier alpha value is -7.70. The molecule has 57 heavy (non-hydrogen) atoms. The van der Waals surface area contributed by atoms with E-state index in [0.717, 1.165) is 94.3 Å². The van der Waals surface area contributed by atoms with Crippen molar-refractivity contribution in [3.05, 3.63) is 199 Å². The van der Waals surface area contributed by atoms with Crippen LogP contribution in [0.3, 0.4) is 0 Å². The average Bonchev–Trinajstić information content (AvgIpc) is 3.96. The zero-order chi connectivity index (χ0) is 37.5. The van der Waals surface area contributed by atoms with Crippen LogP contribution < -0.4 is 5.32 Å². The molecule has 0 saturated heterocycles. The zero-order valence-electron chi connectivity index (χ0n) is 30.6. The van der Waals surface area contributed by atoms with Gasteiger partial charge >= 0.3 is 0 Å². The highest BCUT2D eigenvalue weighted by atomic mass is 16.3. The summed E-state index contributed by atoms with van der Waals surface area (Å²) in [5.74, 6) is 1.44. The highest BCUT2D eigenvalue weighted by Crippen LogP contribution is 2.44. The second-order valence-corrected chi connectivity index (χ2v) is 14.5. The molecule has 4 heterocycles. The first-order chi connectivity index (χ1) is 28.3. The molecule has 1 aliphatic heterocycles. The standard InChI is InChI=1S/C51H32N4O2/c1-3-14-31(15-4-1)49-52-50(32-16-5-2-6-17-32)54-51(53-49)38-22-11-21-37-39-30-33(28-29-43(39)57-48(37)38)34-20-12-26-44-46(34)47-42(25-13-27-45(47)56-44)55-40-23-9-7-18-35(40)36-19-8-10-24-41(36)55/h1-30,51H,(H,52,53,54). The van der Waals surface area contributed by atoms with E-state index in [-0.39, 0.29) is 0 Å². The third-order valence-corrected chi connectivity index (χ3v) is 11.3. The van der Waals surface area contributed by atoms with Crippen molar-refractivity contribution in [2.45, 2.75) is 6.17 Å². The van der Waals surface area contributed by atoms with Crippen molar-refractivity contribution in [3.8, 4) is 16.8 Å². The van der Waals surface area contributed by atoms with Crippen LogP contribution in [0.2, 0.25) is 0 Å². The third-order valence-electron chi connectivity index (χ3n) is 11.3. The summed E-state index contributed by atoms with van der Waals surface area (Å²) in [6.07, 6.45) is -0.415. The predicted octanol–water partition coefficient (Wildman–Crippen LogP) is 12.7. The molecule has 1 atom stereocenters. The first kappa shape index (κ1) is 31.6. The maximum Gasteiger partial charge on any atom is 0.159 e. The van der Waals surface area contributed by atoms with Crippen LogP contribution in [0.4, 0.5) is 0 Å². The van der Waals surface area contributed by atoms with E-state index in [1.807, 2.05) is 48.5 Å². The fourth-order valence-corrected chi connectivity index (χ4v) is 8.73. The van der Waals surface area contributed by atoms with E-state index in [1.54, 1.807) is 0 Å². The van der Waals surface area contributed by atoms with Crippen LogP contribution in [0.15, 0.2) is 201 Å². The number of hydrogen-bond donors (Lipinski definition) is 1. The third kappa shape index (κ3) is 4.90. The van der Waals surface area contributed by atoms with Gasteiger partial charge in [0.1, 0.15) is 28.2 Å². The predicted molar refractivity (Wildman–Crippen MR) is 233 cm³/mol. The maximum absolute atomic E-state index is 6.73. The highest BCUT2D eigenvalue weighted by molar-refractivity contribution is 6.19. The highest BCUT2D eigenvalue weighted by Gasteiger charge is 2.25. The minimum Gasteiger partial charge on any atom is -0.456 e. The van der Waals surface area contributed by atoms with Crippen LogP contribution >= 0.6 is 0 Å². The number of para-hydroxylation sites is 3. The topological polar surface area (TPSA) is 68.0 Å². The van der Waals surface area contributed by atoms with Gasteiger partial charge < -0.3 is 18.7 Å². The summed E-state index contributed by atoms with van der Waals surface area (Å²) in [6, 6.07) is 63.2. The Kier molecular flexibility index (Phi) is 6.89. The smallest absolute Gasteiger partial charge is 0.159 e. The van der Waals surface area contributed by atoms with Gasteiger partial charge in [-0.3, -0.25) is 0 Å². The Morgan fingerprint density at radius 3 is 1.89 bits per heavy atom. The Morgan fingerprint density at radius 2 is 1.12 bits per heavy atom. The van der Waals surface area contributed by atoms with Gasteiger partial charge in [-0.25, -0.2) is 9.98 Å². The minimum atomic E-state index is -0.415. The molecule has 6 heteroatoms. The number of aliphatic imine (C=N–C) groups is 2. The Bertz CT molecular complexity index is 3390. The summed E-state index contributed by atoms with van der Waals surface area (Å²) in [5.41, 5.74) is 11.8. The Labute approximate surface area is 326 Å². The molecule has 1 unspecified atom stereocenters. The van der Waals surface area contributed by atoms with Crippen LogP contribution in [-0.2, 0) is 0 Å². The number of hydrogen-bond acceptors (Lipinski definition) is 5. The molecule has 0 radical (unpaired) electrons. The molecule has 0 spiro atoms. The van der Waals surface area contributed by atoms with E-state index in [4.69, 9.17) is 18.8 Å². The Balaban J connectivity index is 1.03. The quantitative estimate of drug-likeness (QED) is 0.192. The van der Waals surface area contributed by atoms with Gasteiger partial charge in [-0.05, 0) is 53.6 Å². The van der Waals surface area contributed by atoms with Crippen LogP contribution in [-0.4, -0.2) is 16.2 Å². The lowest BCUT2D eigenvalue weighted by atomic mass is 9.97. The van der Waals surface area contributed by atoms with E-state index in [1.165, 1.54) is 10.8 Å². The van der Waals surface area contributed by atoms with Crippen molar-refractivity contribution in [3.63, 3.8) is 0 Å². The first-order valence-electron chi connectivity index (χ1n) is 19.2. The SMILES string of the molecule is c1ccc(C2=NC(c3cccc4c3oc3ccc(-c5cccc6oc7cccc(-n8c9ccccc9c9ccccc98)c7c56)cc34)NC(c3ccccc3)=N2)cc1. The number of benzene rings is 8. The van der Waals surface area contributed by atoms with Crippen molar-refractivity contribution in [2.75, 3.05) is 0 Å². The van der Waals surface area contributed by atoms with Gasteiger partial charge in [-0.2, -0.15) is 0 Å². The molecule has 1 aliphatic rings. The molecule has 0 bridgehead atoms. The molecule has 0 saturated carbocycles. The summed E-state index contributed by atoms with van der Waals surface area (Å²) in [5, 5.41) is 10.3. The maximum atomic E-state index is 6.73. The molecule has 1 N–H and O–H groups in total. The zero-order valence-corrected chi connectivity index (χ0v) is 30.6. The van der Waals surface area contributed by atoms with Gasteiger partial charge in [-0.1, -0.05) is 140 Å². The van der Waals surface area contributed by atoms with Gasteiger partial charge in [-0.15, -0.1) is 0 Å². The number of nitrogens with zero attached hydrogens (tertiary/aromatic N) is 3. The lowest BCUT2D eigenvalue weighted by Crippen LogP contribution is -2.33. The fraction of sp³-hybridized carbons (Fsp3) is 0.0196. The number of rotatable bonds is 5. The van der Waals surface area contributed by atoms with Crippen molar-refractivity contribution < 1.29 is 8.83 Å². The van der Waals surface area contributed by atoms with Crippen LogP contribution in [0.1, 0.15) is 22.9 Å². The van der Waals surface area contributed by atoms with E-state index in [2.05, 4.69) is 143 Å². The van der Waals surface area contributed by atoms with Gasteiger partial charge in [0.05, 0.1) is 22.1 Å². The van der Waals surface area contributed by atoms with Gasteiger partial charge in [0, 0.05) is 43.6 Å². The lowest BCUT2D eigenvalue weighted by molar-refractivity contribution is 0.628. The lowest BCUT2D eigenvalue weighted by Gasteiger charge is -2.23. The van der Waals surface area contributed by atoms with E-state index in [0.29, 0.717) is 5.84 Å². The van der Waals surface area contributed by atoms with Gasteiger partial charge in [0.15, 0.2) is 12.0 Å². The largest absolute Gasteiger partial charge is 0.456 e. The average molecular weight is 733 g/mol. The normalized spacial score (nSPS) is 14.5. The number of nitrogens with one attached hydrogen (secondary N) is 1. The van der Waals surface area contributed by atoms with Crippen molar-refractivity contribution in [2.24, 2.45) is 9.98 Å². The number of furan rings is 2. The molecule has 8 aromatic carbocycles. The number of amidine groups is 2. The molecule has 0 aliphatic carbocycles. The Morgan fingerprint density at radius 1 is 0.474 bits per heavy atom. The van der Waals surface area contributed by atoms with E-state index in [9.17, 15) is 0 Å². The summed E-state index contributed by atoms with van der Waals surface area (Å²) in [7, 11) is 0. The summed E-state index contributed by atoms with van der Waals surface area (Å²) >= 11 is 0. The molecular weight excluding hydrogens is 701 g/mol. The second-order valence-electron chi connectivity index (χ2n) is 14.5. The van der Waals surface area contributed by atoms with E-state index >= 15 is 0 Å². The molecular formula is C51H32N4O2. The first-order valence-corrected chi connectivity index (χ1v) is 19.2. The molecule has 11 aromatic rings. The molecule has 268 valence electrons. The van der Waals surface area contributed by atoms with Gasteiger partial charge in [0.2, 0.25) is 0 Å². The van der Waals surface area contributed by atoms with Crippen molar-refractivity contribution in [1.29, 1.82) is 0 Å². The molecule has 3 aromatic heterocycles. The molecule has 12 rings (SSSR count). The fourth-order valence-electron chi connectivity index (χ4n) is 8.73. The summed E-state index contributed by atoms with van der Waals surface area (Å²) < 4.78 is 15.7. The van der Waals surface area contributed by atoms with Crippen molar-refractivity contribution >= 4 is 77.4 Å². The van der Waals surface area contributed by atoms with Gasteiger partial charge in [0.25, 0.3) is 0 Å². The number of fused-ring (bicyclic) bond motifs is 9. The van der Waals surface area contributed by atoms with Crippen LogP contribution in [0.5, 0.6) is 0 Å². The van der Waals surface area contributed by atoms with Crippen molar-refractivity contribution in [1.82, 2.24) is 9.88 Å².